The molecule has 0 heterocycles. The molecule has 0 aromatic heterocycles. The van der Waals surface area contributed by atoms with E-state index in [1.807, 2.05) is 0 Å². The van der Waals surface area contributed by atoms with Crippen LogP contribution in [-0.4, -0.2) is 11.8 Å². The first kappa shape index (κ1) is 22.7. The second-order valence-electron chi connectivity index (χ2n) is 7.91. The molecular weight excluding hydrogens is 322 g/mol. The number of allylic oxidation sites excluding steroid dienone is 2. The Balaban J connectivity index is 0.000000435. The van der Waals surface area contributed by atoms with E-state index < -0.39 is 0 Å². The molecule has 2 rings (SSSR count). The van der Waals surface area contributed by atoms with Crippen molar-refractivity contribution in [3.63, 3.8) is 0 Å². The maximum Gasteiger partial charge on any atom is 0.0307 e. The minimum atomic E-state index is 0.847. The van der Waals surface area contributed by atoms with Crippen LogP contribution in [0.4, 0.5) is 0 Å². The molecular formula is C23H43NS. The molecule has 1 nitrogen and oxygen atoms in total. The van der Waals surface area contributed by atoms with Gasteiger partial charge in [0.25, 0.3) is 0 Å². The topological polar surface area (TPSA) is 12.0 Å². The fourth-order valence-electron chi connectivity index (χ4n) is 3.85. The standard InChI is InChI=1S/C17H31NS.C6H12/c1-5-7-13-17(14(3)18-6-2)15(4)19-16-11-9-8-10-12-16;1-6-4-2-3-5-6/h16,18H,3,5-13H2,1-2,4H3;6H,2-5H2,1H3/b17-15-;. The fraction of sp³-hybridized carbons (Fsp3) is 0.826. The highest BCUT2D eigenvalue weighted by atomic mass is 32.2. The van der Waals surface area contributed by atoms with Crippen LogP contribution < -0.4 is 5.32 Å². The number of hydrogen-bond acceptors (Lipinski definition) is 2. The van der Waals surface area contributed by atoms with Gasteiger partial charge in [0.1, 0.15) is 0 Å². The lowest BCUT2D eigenvalue weighted by molar-refractivity contribution is 0.516. The number of thioether (sulfide) groups is 1. The Hall–Kier alpha value is -0.370. The number of unbranched alkanes of at least 4 members (excludes halogenated alkanes) is 1. The van der Waals surface area contributed by atoms with Crippen molar-refractivity contribution in [1.82, 2.24) is 5.32 Å². The summed E-state index contributed by atoms with van der Waals surface area (Å²) in [5, 5.41) is 4.25. The van der Waals surface area contributed by atoms with E-state index in [1.54, 1.807) is 0 Å². The molecule has 2 heteroatoms. The Bertz CT molecular complexity index is 387. The molecule has 2 aliphatic rings. The van der Waals surface area contributed by atoms with E-state index in [9.17, 15) is 0 Å². The Kier molecular flexibility index (Phi) is 12.5. The highest BCUT2D eigenvalue weighted by molar-refractivity contribution is 8.03. The molecule has 0 aromatic rings. The van der Waals surface area contributed by atoms with Crippen LogP contribution in [0, 0.1) is 5.92 Å². The van der Waals surface area contributed by atoms with Gasteiger partial charge in [-0.1, -0.05) is 71.8 Å². The normalized spacial score (nSPS) is 19.8. The molecule has 0 amide bonds. The maximum atomic E-state index is 4.23. The van der Waals surface area contributed by atoms with Crippen molar-refractivity contribution in [2.45, 2.75) is 110 Å². The van der Waals surface area contributed by atoms with Gasteiger partial charge in [0.15, 0.2) is 0 Å². The van der Waals surface area contributed by atoms with Gasteiger partial charge in [0.2, 0.25) is 0 Å². The van der Waals surface area contributed by atoms with Crippen LogP contribution in [0.25, 0.3) is 0 Å². The Morgan fingerprint density at radius 2 is 1.60 bits per heavy atom. The molecule has 0 atom stereocenters. The summed E-state index contributed by atoms with van der Waals surface area (Å²) in [6.45, 7) is 14.2. The summed E-state index contributed by atoms with van der Waals surface area (Å²) in [4.78, 5) is 1.51. The second-order valence-corrected chi connectivity index (χ2v) is 9.43. The van der Waals surface area contributed by atoms with Gasteiger partial charge in [0, 0.05) is 17.5 Å². The number of hydrogen-bond donors (Lipinski definition) is 1. The Morgan fingerprint density at radius 1 is 1.00 bits per heavy atom. The molecule has 146 valence electrons. The van der Waals surface area contributed by atoms with Gasteiger partial charge in [-0.25, -0.2) is 0 Å². The summed E-state index contributed by atoms with van der Waals surface area (Å²) in [5.41, 5.74) is 2.62. The van der Waals surface area contributed by atoms with E-state index in [4.69, 9.17) is 0 Å². The second kappa shape index (κ2) is 13.8. The minimum absolute atomic E-state index is 0.847. The third-order valence-corrected chi connectivity index (χ3v) is 6.90. The smallest absolute Gasteiger partial charge is 0.0307 e. The summed E-state index contributed by atoms with van der Waals surface area (Å²) < 4.78 is 0. The molecule has 25 heavy (non-hydrogen) atoms. The van der Waals surface area contributed by atoms with E-state index in [0.29, 0.717) is 0 Å². The average Bonchev–Trinajstić information content (AvgIpc) is 3.08. The lowest BCUT2D eigenvalue weighted by Crippen LogP contribution is -2.14. The molecule has 0 unspecified atom stereocenters. The summed E-state index contributed by atoms with van der Waals surface area (Å²) >= 11 is 2.11. The minimum Gasteiger partial charge on any atom is -0.386 e. The molecule has 2 saturated carbocycles. The van der Waals surface area contributed by atoms with E-state index in [2.05, 4.69) is 51.4 Å². The van der Waals surface area contributed by atoms with Crippen molar-refractivity contribution in [2.24, 2.45) is 5.92 Å². The van der Waals surface area contributed by atoms with Crippen molar-refractivity contribution >= 4 is 11.8 Å². The number of likely N-dealkylation sites (N-methyl/N-ethyl adjacent to an activating group) is 1. The van der Waals surface area contributed by atoms with Gasteiger partial charge < -0.3 is 5.32 Å². The summed E-state index contributed by atoms with van der Waals surface area (Å²) in [7, 11) is 0. The van der Waals surface area contributed by atoms with Gasteiger partial charge in [-0.15, -0.1) is 11.8 Å². The van der Waals surface area contributed by atoms with Crippen LogP contribution in [0.2, 0.25) is 0 Å². The van der Waals surface area contributed by atoms with Crippen molar-refractivity contribution in [1.29, 1.82) is 0 Å². The molecule has 0 aromatic carbocycles. The van der Waals surface area contributed by atoms with Crippen molar-refractivity contribution < 1.29 is 0 Å². The highest BCUT2D eigenvalue weighted by Gasteiger charge is 2.16. The van der Waals surface area contributed by atoms with Crippen molar-refractivity contribution in [2.75, 3.05) is 6.54 Å². The van der Waals surface area contributed by atoms with Crippen LogP contribution in [0.15, 0.2) is 22.8 Å². The molecule has 2 fully saturated rings. The molecule has 0 radical (unpaired) electrons. The number of nitrogens with one attached hydrogen (secondary N) is 1. The Morgan fingerprint density at radius 3 is 2.08 bits per heavy atom. The van der Waals surface area contributed by atoms with Crippen LogP contribution in [-0.2, 0) is 0 Å². The van der Waals surface area contributed by atoms with Crippen molar-refractivity contribution in [3.8, 4) is 0 Å². The van der Waals surface area contributed by atoms with Gasteiger partial charge >= 0.3 is 0 Å². The highest BCUT2D eigenvalue weighted by Crippen LogP contribution is 2.36. The average molecular weight is 366 g/mol. The van der Waals surface area contributed by atoms with E-state index in [0.717, 1.165) is 23.4 Å². The van der Waals surface area contributed by atoms with Gasteiger partial charge in [-0.05, 0) is 55.9 Å². The molecule has 1 N–H and O–H groups in total. The summed E-state index contributed by atoms with van der Waals surface area (Å²) in [5.74, 6) is 1.05. The van der Waals surface area contributed by atoms with Crippen LogP contribution in [0.1, 0.15) is 105 Å². The molecule has 0 saturated heterocycles. The molecule has 0 aliphatic heterocycles. The van der Waals surface area contributed by atoms with Crippen LogP contribution in [0.3, 0.4) is 0 Å². The van der Waals surface area contributed by atoms with Crippen molar-refractivity contribution in [3.05, 3.63) is 22.8 Å². The van der Waals surface area contributed by atoms with E-state index in [1.165, 1.54) is 87.5 Å². The zero-order valence-electron chi connectivity index (χ0n) is 17.5. The van der Waals surface area contributed by atoms with Gasteiger partial charge in [-0.3, -0.25) is 0 Å². The molecule has 2 aliphatic carbocycles. The first-order valence-corrected chi connectivity index (χ1v) is 11.8. The van der Waals surface area contributed by atoms with Crippen LogP contribution in [0.5, 0.6) is 0 Å². The Labute approximate surface area is 162 Å². The predicted octanol–water partition coefficient (Wildman–Crippen LogP) is 7.84. The lowest BCUT2D eigenvalue weighted by atomic mass is 10.0. The zero-order valence-corrected chi connectivity index (χ0v) is 18.3. The predicted molar refractivity (Wildman–Crippen MR) is 117 cm³/mol. The molecule has 0 bridgehead atoms. The first-order chi connectivity index (χ1) is 12.1. The molecule has 0 spiro atoms. The van der Waals surface area contributed by atoms with Crippen LogP contribution >= 0.6 is 11.8 Å². The zero-order chi connectivity index (χ0) is 18.5. The largest absolute Gasteiger partial charge is 0.386 e. The SMILES string of the molecule is C=C(NCC)/C(CCCC)=C(/C)SC1CCCCC1.CC1CCCC1. The van der Waals surface area contributed by atoms with Gasteiger partial charge in [0.05, 0.1) is 0 Å². The summed E-state index contributed by atoms with van der Waals surface area (Å²) in [6, 6.07) is 0. The monoisotopic (exact) mass is 365 g/mol. The summed E-state index contributed by atoms with van der Waals surface area (Å²) in [6.07, 6.45) is 16.7. The lowest BCUT2D eigenvalue weighted by Gasteiger charge is -2.23. The van der Waals surface area contributed by atoms with Gasteiger partial charge in [-0.2, -0.15) is 0 Å². The first-order valence-electron chi connectivity index (χ1n) is 10.9. The maximum absolute atomic E-state index is 4.23. The van der Waals surface area contributed by atoms with E-state index >= 15 is 0 Å². The fourth-order valence-corrected chi connectivity index (χ4v) is 5.28. The quantitative estimate of drug-likeness (QED) is 0.440. The number of rotatable bonds is 8. The third-order valence-electron chi connectivity index (χ3n) is 5.50. The van der Waals surface area contributed by atoms with E-state index in [-0.39, 0.29) is 0 Å². The third kappa shape index (κ3) is 9.78.